The van der Waals surface area contributed by atoms with Crippen molar-refractivity contribution < 1.29 is 0 Å². The first-order chi connectivity index (χ1) is 13.3. The second-order valence-electron chi connectivity index (χ2n) is 5.83. The monoisotopic (exact) mass is 385 g/mol. The van der Waals surface area contributed by atoms with Gasteiger partial charge < -0.3 is 0 Å². The van der Waals surface area contributed by atoms with Gasteiger partial charge in [-0.2, -0.15) is 5.26 Å². The first-order valence-electron chi connectivity index (χ1n) is 8.41. The normalized spacial score (nSPS) is 10.5. The van der Waals surface area contributed by atoms with Crippen LogP contribution < -0.4 is 0 Å². The van der Waals surface area contributed by atoms with Gasteiger partial charge in [0, 0.05) is 23.7 Å². The summed E-state index contributed by atoms with van der Waals surface area (Å²) in [6.45, 7) is 0. The summed E-state index contributed by atoms with van der Waals surface area (Å²) >= 11 is 3.24. The highest BCUT2D eigenvalue weighted by Gasteiger charge is 2.16. The van der Waals surface area contributed by atoms with Crippen molar-refractivity contribution in [2.75, 3.05) is 0 Å². The van der Waals surface area contributed by atoms with Crippen LogP contribution in [0.15, 0.2) is 83.5 Å². The number of thioether (sulfide) groups is 1. The molecule has 3 nitrogen and oxygen atoms in total. The fraction of sp³-hybridized carbons (Fsp3) is 0.0455. The highest BCUT2D eigenvalue weighted by atomic mass is 32.2. The lowest BCUT2D eigenvalue weighted by molar-refractivity contribution is 1.12. The summed E-state index contributed by atoms with van der Waals surface area (Å²) < 4.78 is 0. The molecule has 0 amide bonds. The Morgan fingerprint density at radius 1 is 1.00 bits per heavy atom. The Balaban J connectivity index is 1.81. The van der Waals surface area contributed by atoms with Gasteiger partial charge in [-0.25, -0.2) is 4.98 Å². The van der Waals surface area contributed by atoms with E-state index < -0.39 is 0 Å². The average Bonchev–Trinajstić information content (AvgIpc) is 3.28. The predicted molar refractivity (Wildman–Crippen MR) is 111 cm³/mol. The molecule has 4 rings (SSSR count). The molecule has 0 saturated heterocycles. The SMILES string of the molecule is N#Cc1c(-c2ccccc2)cc(-c2cccs2)nc1SCc1ccncc1. The molecule has 27 heavy (non-hydrogen) atoms. The Morgan fingerprint density at radius 2 is 1.81 bits per heavy atom. The summed E-state index contributed by atoms with van der Waals surface area (Å²) in [5.74, 6) is 0.742. The molecule has 0 saturated carbocycles. The van der Waals surface area contributed by atoms with Crippen molar-refractivity contribution in [1.82, 2.24) is 9.97 Å². The van der Waals surface area contributed by atoms with Crippen LogP contribution in [0.4, 0.5) is 0 Å². The number of benzene rings is 1. The minimum Gasteiger partial charge on any atom is -0.265 e. The Hall–Kier alpha value is -2.94. The second-order valence-corrected chi connectivity index (χ2v) is 7.75. The molecule has 4 aromatic rings. The molecule has 0 aliphatic rings. The number of nitrogens with zero attached hydrogens (tertiary/aromatic N) is 3. The third-order valence-electron chi connectivity index (χ3n) is 4.08. The van der Waals surface area contributed by atoms with Crippen molar-refractivity contribution in [3.63, 3.8) is 0 Å². The first-order valence-corrected chi connectivity index (χ1v) is 10.3. The van der Waals surface area contributed by atoms with E-state index in [2.05, 4.69) is 17.1 Å². The molecule has 0 bridgehead atoms. The summed E-state index contributed by atoms with van der Waals surface area (Å²) in [6.07, 6.45) is 3.57. The van der Waals surface area contributed by atoms with E-state index in [0.29, 0.717) is 5.56 Å². The maximum Gasteiger partial charge on any atom is 0.116 e. The van der Waals surface area contributed by atoms with Crippen molar-refractivity contribution in [1.29, 1.82) is 5.26 Å². The van der Waals surface area contributed by atoms with Crippen LogP contribution in [0.25, 0.3) is 21.7 Å². The number of aromatic nitrogens is 2. The van der Waals surface area contributed by atoms with Gasteiger partial charge in [0.25, 0.3) is 0 Å². The molecule has 0 spiro atoms. The summed E-state index contributed by atoms with van der Waals surface area (Å²) in [4.78, 5) is 9.98. The van der Waals surface area contributed by atoms with Gasteiger partial charge >= 0.3 is 0 Å². The fourth-order valence-corrected chi connectivity index (χ4v) is 4.41. The molecule has 0 N–H and O–H groups in total. The smallest absolute Gasteiger partial charge is 0.116 e. The van der Waals surface area contributed by atoms with Gasteiger partial charge in [-0.05, 0) is 40.8 Å². The van der Waals surface area contributed by atoms with Crippen molar-refractivity contribution in [3.8, 4) is 27.8 Å². The van der Waals surface area contributed by atoms with Crippen molar-refractivity contribution in [3.05, 3.63) is 89.6 Å². The van der Waals surface area contributed by atoms with Crippen molar-refractivity contribution in [2.45, 2.75) is 10.8 Å². The Bertz CT molecular complexity index is 1070. The van der Waals surface area contributed by atoms with E-state index in [-0.39, 0.29) is 0 Å². The Morgan fingerprint density at radius 3 is 2.52 bits per heavy atom. The number of hydrogen-bond donors (Lipinski definition) is 0. The van der Waals surface area contributed by atoms with Crippen LogP contribution in [0.5, 0.6) is 0 Å². The zero-order chi connectivity index (χ0) is 18.5. The highest BCUT2D eigenvalue weighted by Crippen LogP contribution is 2.36. The van der Waals surface area contributed by atoms with E-state index in [4.69, 9.17) is 4.98 Å². The predicted octanol–water partition coefficient (Wildman–Crippen LogP) is 6.04. The third-order valence-corrected chi connectivity index (χ3v) is 6.02. The maximum absolute atomic E-state index is 9.87. The highest BCUT2D eigenvalue weighted by molar-refractivity contribution is 7.98. The lowest BCUT2D eigenvalue weighted by Crippen LogP contribution is -1.95. The molecule has 1 aromatic carbocycles. The molecule has 130 valence electrons. The van der Waals surface area contributed by atoms with E-state index >= 15 is 0 Å². The van der Waals surface area contributed by atoms with E-state index in [1.54, 1.807) is 35.5 Å². The van der Waals surface area contributed by atoms with Crippen molar-refractivity contribution >= 4 is 23.1 Å². The van der Waals surface area contributed by atoms with Crippen LogP contribution in [0, 0.1) is 11.3 Å². The summed E-state index contributed by atoms with van der Waals surface area (Å²) in [7, 11) is 0. The number of pyridine rings is 2. The minimum absolute atomic E-state index is 0.626. The lowest BCUT2D eigenvalue weighted by Gasteiger charge is -2.12. The molecule has 0 radical (unpaired) electrons. The van der Waals surface area contributed by atoms with Crippen LogP contribution in [-0.4, -0.2) is 9.97 Å². The van der Waals surface area contributed by atoms with Crippen molar-refractivity contribution in [2.24, 2.45) is 0 Å². The summed E-state index contributed by atoms with van der Waals surface area (Å²) in [5.41, 5.74) is 4.64. The minimum atomic E-state index is 0.626. The van der Waals surface area contributed by atoms with Gasteiger partial charge in [-0.15, -0.1) is 23.1 Å². The van der Waals surface area contributed by atoms with E-state index in [1.807, 2.05) is 60.0 Å². The molecule has 0 aliphatic heterocycles. The fourth-order valence-electron chi connectivity index (χ4n) is 2.76. The lowest BCUT2D eigenvalue weighted by atomic mass is 10.0. The molecule has 0 atom stereocenters. The van der Waals surface area contributed by atoms with Gasteiger partial charge in [0.15, 0.2) is 0 Å². The van der Waals surface area contributed by atoms with Gasteiger partial charge in [-0.3, -0.25) is 4.98 Å². The second kappa shape index (κ2) is 8.17. The van der Waals surface area contributed by atoms with Crippen LogP contribution >= 0.6 is 23.1 Å². The van der Waals surface area contributed by atoms with Crippen LogP contribution in [0.3, 0.4) is 0 Å². The quantitative estimate of drug-likeness (QED) is 0.393. The van der Waals surface area contributed by atoms with Gasteiger partial charge in [0.1, 0.15) is 11.1 Å². The number of hydrogen-bond acceptors (Lipinski definition) is 5. The molecular weight excluding hydrogens is 370 g/mol. The van der Waals surface area contributed by atoms with Gasteiger partial charge in [0.05, 0.1) is 16.1 Å². The molecule has 3 aromatic heterocycles. The zero-order valence-electron chi connectivity index (χ0n) is 14.4. The number of nitriles is 1. The topological polar surface area (TPSA) is 49.6 Å². The number of thiophene rings is 1. The summed E-state index contributed by atoms with van der Waals surface area (Å²) in [5, 5.41) is 12.7. The molecule has 0 unspecified atom stereocenters. The third kappa shape index (κ3) is 3.92. The molecule has 5 heteroatoms. The Kier molecular flexibility index (Phi) is 5.29. The molecule has 0 fully saturated rings. The molecular formula is C22H15N3S2. The number of rotatable bonds is 5. The summed E-state index contributed by atoms with van der Waals surface area (Å²) in [6, 6.07) is 22.5. The largest absolute Gasteiger partial charge is 0.265 e. The molecule has 3 heterocycles. The van der Waals surface area contributed by atoms with Gasteiger partial charge in [0.2, 0.25) is 0 Å². The average molecular weight is 386 g/mol. The van der Waals surface area contributed by atoms with E-state index in [9.17, 15) is 5.26 Å². The van der Waals surface area contributed by atoms with Crippen LogP contribution in [0.1, 0.15) is 11.1 Å². The van der Waals surface area contributed by atoms with Crippen LogP contribution in [-0.2, 0) is 5.75 Å². The van der Waals surface area contributed by atoms with E-state index in [0.717, 1.165) is 38.0 Å². The zero-order valence-corrected chi connectivity index (χ0v) is 16.0. The molecule has 0 aliphatic carbocycles. The van der Waals surface area contributed by atoms with E-state index in [1.165, 1.54) is 0 Å². The van der Waals surface area contributed by atoms with Crippen LogP contribution in [0.2, 0.25) is 0 Å². The Labute approximate surface area is 166 Å². The standard InChI is InChI=1S/C22H15N3S2/c23-14-19-18(17-5-2-1-3-6-17)13-20(21-7-4-12-26-21)25-22(19)27-15-16-8-10-24-11-9-16/h1-13H,15H2. The van der Waals surface area contributed by atoms with Gasteiger partial charge in [-0.1, -0.05) is 36.4 Å². The maximum atomic E-state index is 9.87. The first kappa shape index (κ1) is 17.5.